The van der Waals surface area contributed by atoms with Crippen molar-refractivity contribution in [3.63, 3.8) is 0 Å². The molecule has 0 radical (unpaired) electrons. The molecule has 1 saturated heterocycles. The Morgan fingerprint density at radius 1 is 1.40 bits per heavy atom. The highest BCUT2D eigenvalue weighted by atomic mass is 15.2. The van der Waals surface area contributed by atoms with Gasteiger partial charge in [-0.3, -0.25) is 0 Å². The summed E-state index contributed by atoms with van der Waals surface area (Å²) in [7, 11) is 0. The van der Waals surface area contributed by atoms with Crippen LogP contribution in [-0.4, -0.2) is 18.1 Å². The Morgan fingerprint density at radius 2 is 2.13 bits per heavy atom. The van der Waals surface area contributed by atoms with Gasteiger partial charge in [0.05, 0.1) is 12.0 Å². The number of anilines is 1. The van der Waals surface area contributed by atoms with Crippen LogP contribution in [0.2, 0.25) is 0 Å². The molecule has 2 fully saturated rings. The molecule has 0 bridgehead atoms. The SMILES string of the molecule is Cc1ccc(N2CC3C(C#N)C3C2)nc1. The van der Waals surface area contributed by atoms with Gasteiger partial charge in [0.15, 0.2) is 0 Å². The third kappa shape index (κ3) is 1.29. The molecule has 76 valence electrons. The molecule has 0 aromatic carbocycles. The second kappa shape index (κ2) is 2.96. The Hall–Kier alpha value is -1.56. The zero-order valence-corrected chi connectivity index (χ0v) is 8.72. The van der Waals surface area contributed by atoms with Gasteiger partial charge in [0.1, 0.15) is 5.82 Å². The summed E-state index contributed by atoms with van der Waals surface area (Å²) in [6, 6.07) is 6.54. The van der Waals surface area contributed by atoms with E-state index in [0.717, 1.165) is 18.9 Å². The first-order valence-electron chi connectivity index (χ1n) is 5.37. The van der Waals surface area contributed by atoms with Crippen molar-refractivity contribution in [1.82, 2.24) is 4.98 Å². The van der Waals surface area contributed by atoms with Gasteiger partial charge in [-0.25, -0.2) is 4.98 Å². The maximum atomic E-state index is 8.82. The van der Waals surface area contributed by atoms with Gasteiger partial charge < -0.3 is 4.90 Å². The number of aryl methyl sites for hydroxylation is 1. The predicted molar refractivity (Wildman–Crippen MR) is 57.3 cm³/mol. The van der Waals surface area contributed by atoms with Gasteiger partial charge >= 0.3 is 0 Å². The Bertz CT molecular complexity index is 405. The van der Waals surface area contributed by atoms with Crippen LogP contribution in [0.4, 0.5) is 5.82 Å². The average Bonchev–Trinajstić information content (AvgIpc) is 2.72. The molecule has 15 heavy (non-hydrogen) atoms. The van der Waals surface area contributed by atoms with E-state index in [4.69, 9.17) is 5.26 Å². The molecule has 3 nitrogen and oxygen atoms in total. The van der Waals surface area contributed by atoms with Crippen LogP contribution < -0.4 is 4.90 Å². The summed E-state index contributed by atoms with van der Waals surface area (Å²) < 4.78 is 0. The standard InChI is InChI=1S/C12H13N3/c1-8-2-3-12(14-5-8)15-6-10-9(4-13)11(10)7-15/h2-3,5,9-11H,6-7H2,1H3. The molecule has 3 heteroatoms. The van der Waals surface area contributed by atoms with Crippen molar-refractivity contribution in [1.29, 1.82) is 5.26 Å². The highest BCUT2D eigenvalue weighted by Gasteiger charge is 2.56. The zero-order chi connectivity index (χ0) is 10.4. The van der Waals surface area contributed by atoms with E-state index >= 15 is 0 Å². The smallest absolute Gasteiger partial charge is 0.128 e. The maximum Gasteiger partial charge on any atom is 0.128 e. The number of rotatable bonds is 1. The summed E-state index contributed by atoms with van der Waals surface area (Å²) in [5.74, 6) is 2.60. The molecule has 1 aromatic heterocycles. The summed E-state index contributed by atoms with van der Waals surface area (Å²) >= 11 is 0. The van der Waals surface area contributed by atoms with Crippen molar-refractivity contribution < 1.29 is 0 Å². The topological polar surface area (TPSA) is 39.9 Å². The maximum absolute atomic E-state index is 8.82. The van der Waals surface area contributed by atoms with Crippen LogP contribution >= 0.6 is 0 Å². The third-order valence-corrected chi connectivity index (χ3v) is 3.56. The van der Waals surface area contributed by atoms with Crippen molar-refractivity contribution in [2.45, 2.75) is 6.92 Å². The highest BCUT2D eigenvalue weighted by molar-refractivity contribution is 5.43. The monoisotopic (exact) mass is 199 g/mol. The number of aromatic nitrogens is 1. The molecule has 0 amide bonds. The lowest BCUT2D eigenvalue weighted by atomic mass is 10.2. The second-order valence-corrected chi connectivity index (χ2v) is 4.58. The first-order chi connectivity index (χ1) is 7.29. The van der Waals surface area contributed by atoms with Crippen LogP contribution in [0.15, 0.2) is 18.3 Å². The van der Waals surface area contributed by atoms with Gasteiger partial charge in [-0.05, 0) is 30.4 Å². The van der Waals surface area contributed by atoms with E-state index in [1.165, 1.54) is 5.56 Å². The Labute approximate surface area is 89.3 Å². The Balaban J connectivity index is 1.73. The lowest BCUT2D eigenvalue weighted by molar-refractivity contribution is 0.735. The van der Waals surface area contributed by atoms with Gasteiger partial charge in [-0.2, -0.15) is 5.26 Å². The fourth-order valence-electron chi connectivity index (χ4n) is 2.55. The van der Waals surface area contributed by atoms with E-state index in [2.05, 4.69) is 28.1 Å². The molecule has 1 aliphatic carbocycles. The van der Waals surface area contributed by atoms with E-state index in [9.17, 15) is 0 Å². The molecule has 2 aliphatic rings. The molecule has 1 aromatic rings. The summed E-state index contributed by atoms with van der Waals surface area (Å²) in [6.07, 6.45) is 1.90. The number of nitriles is 1. The van der Waals surface area contributed by atoms with Crippen molar-refractivity contribution in [3.05, 3.63) is 23.9 Å². The molecular weight excluding hydrogens is 186 g/mol. The van der Waals surface area contributed by atoms with E-state index in [1.54, 1.807) is 0 Å². The summed E-state index contributed by atoms with van der Waals surface area (Å²) in [6.45, 7) is 4.07. The van der Waals surface area contributed by atoms with Crippen LogP contribution in [0.3, 0.4) is 0 Å². The number of pyridine rings is 1. The number of hydrogen-bond donors (Lipinski definition) is 0. The van der Waals surface area contributed by atoms with Gasteiger partial charge in [-0.1, -0.05) is 6.07 Å². The first-order valence-corrected chi connectivity index (χ1v) is 5.37. The lowest BCUT2D eigenvalue weighted by Gasteiger charge is -2.19. The minimum atomic E-state index is 0.326. The number of hydrogen-bond acceptors (Lipinski definition) is 3. The molecule has 1 aliphatic heterocycles. The lowest BCUT2D eigenvalue weighted by Crippen LogP contribution is -2.24. The zero-order valence-electron chi connectivity index (χ0n) is 8.72. The van der Waals surface area contributed by atoms with E-state index in [-0.39, 0.29) is 0 Å². The van der Waals surface area contributed by atoms with Crippen LogP contribution in [0.1, 0.15) is 5.56 Å². The minimum absolute atomic E-state index is 0.326. The van der Waals surface area contributed by atoms with Gasteiger partial charge in [0, 0.05) is 19.3 Å². The van der Waals surface area contributed by atoms with Crippen LogP contribution in [0, 0.1) is 36.0 Å². The van der Waals surface area contributed by atoms with Crippen LogP contribution in [-0.2, 0) is 0 Å². The summed E-state index contributed by atoms with van der Waals surface area (Å²) in [5, 5.41) is 8.82. The molecular formula is C12H13N3. The van der Waals surface area contributed by atoms with Gasteiger partial charge in [0.2, 0.25) is 0 Å². The van der Waals surface area contributed by atoms with Crippen LogP contribution in [0.5, 0.6) is 0 Å². The van der Waals surface area contributed by atoms with Gasteiger partial charge in [-0.15, -0.1) is 0 Å². The van der Waals surface area contributed by atoms with Crippen molar-refractivity contribution in [3.8, 4) is 6.07 Å². The van der Waals surface area contributed by atoms with E-state index in [1.807, 2.05) is 13.1 Å². The Morgan fingerprint density at radius 3 is 2.67 bits per heavy atom. The molecule has 0 N–H and O–H groups in total. The normalized spacial score (nSPS) is 32.3. The van der Waals surface area contributed by atoms with Gasteiger partial charge in [0.25, 0.3) is 0 Å². The van der Waals surface area contributed by atoms with Crippen molar-refractivity contribution in [2.24, 2.45) is 17.8 Å². The summed E-state index contributed by atoms with van der Waals surface area (Å²) in [4.78, 5) is 6.70. The Kier molecular flexibility index (Phi) is 1.72. The van der Waals surface area contributed by atoms with Crippen molar-refractivity contribution in [2.75, 3.05) is 18.0 Å². The fraction of sp³-hybridized carbons (Fsp3) is 0.500. The molecule has 0 spiro atoms. The average molecular weight is 199 g/mol. The number of nitrogens with zero attached hydrogens (tertiary/aromatic N) is 3. The largest absolute Gasteiger partial charge is 0.356 e. The second-order valence-electron chi connectivity index (χ2n) is 4.58. The third-order valence-electron chi connectivity index (χ3n) is 3.56. The first kappa shape index (κ1) is 8.72. The van der Waals surface area contributed by atoms with E-state index < -0.39 is 0 Å². The predicted octanol–water partition coefficient (Wildman–Crippen LogP) is 1.60. The molecule has 2 atom stereocenters. The summed E-state index contributed by atoms with van der Waals surface area (Å²) in [5.41, 5.74) is 1.19. The quantitative estimate of drug-likeness (QED) is 0.689. The van der Waals surface area contributed by atoms with E-state index in [0.29, 0.717) is 17.8 Å². The number of fused-ring (bicyclic) bond motifs is 1. The fourth-order valence-corrected chi connectivity index (χ4v) is 2.55. The minimum Gasteiger partial charge on any atom is -0.356 e. The molecule has 2 unspecified atom stereocenters. The van der Waals surface area contributed by atoms with Crippen molar-refractivity contribution >= 4 is 5.82 Å². The molecule has 1 saturated carbocycles. The molecule has 3 rings (SSSR count). The molecule has 2 heterocycles. The highest BCUT2D eigenvalue weighted by Crippen LogP contribution is 2.51. The van der Waals surface area contributed by atoms with Crippen LogP contribution in [0.25, 0.3) is 0 Å². The number of piperidine rings is 1.